The quantitative estimate of drug-likeness (QED) is 0.683. The highest BCUT2D eigenvalue weighted by Gasteiger charge is 2.30. The minimum Gasteiger partial charge on any atom is -0.314 e. The molecule has 3 unspecified atom stereocenters. The molecule has 0 bridgehead atoms. The second-order valence-electron chi connectivity index (χ2n) is 4.43. The van der Waals surface area contributed by atoms with Gasteiger partial charge in [-0.25, -0.2) is 0 Å². The monoisotopic (exact) mass is 194 g/mol. The van der Waals surface area contributed by atoms with Gasteiger partial charge in [0.1, 0.15) is 0 Å². The van der Waals surface area contributed by atoms with Crippen molar-refractivity contribution in [2.24, 2.45) is 11.8 Å². The molecule has 1 fully saturated rings. The zero-order chi connectivity index (χ0) is 10.4. The molecule has 1 saturated carbocycles. The van der Waals surface area contributed by atoms with Crippen LogP contribution >= 0.6 is 0 Å². The molecular formula is C12H22N2. The van der Waals surface area contributed by atoms with Crippen molar-refractivity contribution in [3.05, 3.63) is 0 Å². The molecule has 0 saturated heterocycles. The van der Waals surface area contributed by atoms with E-state index in [0.717, 1.165) is 24.8 Å². The molecule has 1 N–H and O–H groups in total. The highest BCUT2D eigenvalue weighted by atomic mass is 14.9. The predicted molar refractivity (Wildman–Crippen MR) is 58.8 cm³/mol. The van der Waals surface area contributed by atoms with Crippen molar-refractivity contribution < 1.29 is 0 Å². The van der Waals surface area contributed by atoms with Crippen molar-refractivity contribution in [3.63, 3.8) is 0 Å². The van der Waals surface area contributed by atoms with Crippen molar-refractivity contribution in [1.29, 1.82) is 5.26 Å². The maximum Gasteiger partial charge on any atom is 0.0622 e. The standard InChI is InChI=1S/C12H22N2/c1-3-11-6-7-12(10(11)2)14-9-5-4-8-13/h10-12,14H,3-7,9H2,1-2H3. The number of hydrogen-bond donors (Lipinski definition) is 1. The van der Waals surface area contributed by atoms with E-state index in [4.69, 9.17) is 5.26 Å². The van der Waals surface area contributed by atoms with Crippen molar-refractivity contribution in [2.75, 3.05) is 6.54 Å². The van der Waals surface area contributed by atoms with E-state index in [1.807, 2.05) is 0 Å². The third kappa shape index (κ3) is 2.99. The molecule has 1 aliphatic carbocycles. The molecule has 0 aromatic carbocycles. The molecule has 0 amide bonds. The van der Waals surface area contributed by atoms with E-state index in [2.05, 4.69) is 25.2 Å². The molecule has 2 nitrogen and oxygen atoms in total. The average molecular weight is 194 g/mol. The summed E-state index contributed by atoms with van der Waals surface area (Å²) in [6.45, 7) is 5.67. The summed E-state index contributed by atoms with van der Waals surface area (Å²) in [4.78, 5) is 0. The van der Waals surface area contributed by atoms with E-state index >= 15 is 0 Å². The molecular weight excluding hydrogens is 172 g/mol. The minimum atomic E-state index is 0.686. The Bertz CT molecular complexity index is 195. The van der Waals surface area contributed by atoms with Crippen LogP contribution in [0, 0.1) is 23.2 Å². The van der Waals surface area contributed by atoms with Gasteiger partial charge in [0.25, 0.3) is 0 Å². The lowest BCUT2D eigenvalue weighted by Crippen LogP contribution is -2.33. The molecule has 0 heterocycles. The topological polar surface area (TPSA) is 35.8 Å². The molecule has 0 aliphatic heterocycles. The van der Waals surface area contributed by atoms with E-state index in [9.17, 15) is 0 Å². The van der Waals surface area contributed by atoms with Gasteiger partial charge in [0, 0.05) is 12.5 Å². The maximum absolute atomic E-state index is 8.41. The molecule has 0 spiro atoms. The predicted octanol–water partition coefficient (Wildman–Crippen LogP) is 2.70. The minimum absolute atomic E-state index is 0.686. The van der Waals surface area contributed by atoms with Crippen LogP contribution in [0.25, 0.3) is 0 Å². The Hall–Kier alpha value is -0.550. The van der Waals surface area contributed by atoms with Gasteiger partial charge in [-0.05, 0) is 37.6 Å². The first-order valence-electron chi connectivity index (χ1n) is 5.90. The van der Waals surface area contributed by atoms with Gasteiger partial charge in [0.15, 0.2) is 0 Å². The zero-order valence-electron chi connectivity index (χ0n) is 9.42. The number of rotatable bonds is 5. The van der Waals surface area contributed by atoms with E-state index in [-0.39, 0.29) is 0 Å². The Morgan fingerprint density at radius 2 is 2.21 bits per heavy atom. The lowest BCUT2D eigenvalue weighted by atomic mass is 9.93. The van der Waals surface area contributed by atoms with Gasteiger partial charge in [-0.15, -0.1) is 0 Å². The molecule has 1 rings (SSSR count). The fraction of sp³-hybridized carbons (Fsp3) is 0.917. The smallest absolute Gasteiger partial charge is 0.0622 e. The van der Waals surface area contributed by atoms with Crippen molar-refractivity contribution in [3.8, 4) is 6.07 Å². The lowest BCUT2D eigenvalue weighted by molar-refractivity contribution is 0.345. The number of hydrogen-bond acceptors (Lipinski definition) is 2. The summed E-state index contributed by atoms with van der Waals surface area (Å²) in [6.07, 6.45) is 5.71. The Labute approximate surface area is 87.7 Å². The van der Waals surface area contributed by atoms with Crippen LogP contribution in [0.5, 0.6) is 0 Å². The first kappa shape index (κ1) is 11.5. The molecule has 3 atom stereocenters. The SMILES string of the molecule is CCC1CCC(NCCCC#N)C1C. The number of unbranched alkanes of at least 4 members (excludes halogenated alkanes) is 1. The van der Waals surface area contributed by atoms with Crippen LogP contribution in [-0.4, -0.2) is 12.6 Å². The Morgan fingerprint density at radius 3 is 2.79 bits per heavy atom. The van der Waals surface area contributed by atoms with Crippen LogP contribution in [0.3, 0.4) is 0 Å². The molecule has 0 aromatic rings. The summed E-state index contributed by atoms with van der Waals surface area (Å²) in [5.41, 5.74) is 0. The van der Waals surface area contributed by atoms with Crippen LogP contribution < -0.4 is 5.32 Å². The van der Waals surface area contributed by atoms with E-state index in [0.29, 0.717) is 12.5 Å². The van der Waals surface area contributed by atoms with Gasteiger partial charge in [-0.2, -0.15) is 5.26 Å². The third-order valence-corrected chi connectivity index (χ3v) is 3.62. The normalized spacial score (nSPS) is 31.6. The number of nitrogens with one attached hydrogen (secondary N) is 1. The second kappa shape index (κ2) is 6.03. The summed E-state index contributed by atoms with van der Waals surface area (Å²) in [5.74, 6) is 1.74. The molecule has 0 radical (unpaired) electrons. The first-order chi connectivity index (χ1) is 6.79. The summed E-state index contributed by atoms with van der Waals surface area (Å²) >= 11 is 0. The molecule has 14 heavy (non-hydrogen) atoms. The Morgan fingerprint density at radius 1 is 1.43 bits per heavy atom. The maximum atomic E-state index is 8.41. The average Bonchev–Trinajstić information content (AvgIpc) is 2.55. The lowest BCUT2D eigenvalue weighted by Gasteiger charge is -2.20. The van der Waals surface area contributed by atoms with Gasteiger partial charge in [-0.1, -0.05) is 20.3 Å². The zero-order valence-corrected chi connectivity index (χ0v) is 9.42. The Balaban J connectivity index is 2.17. The third-order valence-electron chi connectivity index (χ3n) is 3.62. The van der Waals surface area contributed by atoms with Gasteiger partial charge >= 0.3 is 0 Å². The molecule has 80 valence electrons. The van der Waals surface area contributed by atoms with Crippen LogP contribution in [-0.2, 0) is 0 Å². The van der Waals surface area contributed by atoms with Crippen molar-refractivity contribution >= 4 is 0 Å². The molecule has 0 aromatic heterocycles. The van der Waals surface area contributed by atoms with Gasteiger partial charge < -0.3 is 5.32 Å². The molecule has 2 heteroatoms. The van der Waals surface area contributed by atoms with Gasteiger partial charge in [-0.3, -0.25) is 0 Å². The second-order valence-corrected chi connectivity index (χ2v) is 4.43. The van der Waals surface area contributed by atoms with Crippen LogP contribution in [0.2, 0.25) is 0 Å². The summed E-state index contributed by atoms with van der Waals surface area (Å²) < 4.78 is 0. The summed E-state index contributed by atoms with van der Waals surface area (Å²) in [5, 5.41) is 12.0. The molecule has 1 aliphatic rings. The van der Waals surface area contributed by atoms with Crippen LogP contribution in [0.4, 0.5) is 0 Å². The highest BCUT2D eigenvalue weighted by Crippen LogP contribution is 2.33. The highest BCUT2D eigenvalue weighted by molar-refractivity contribution is 4.86. The van der Waals surface area contributed by atoms with Crippen molar-refractivity contribution in [1.82, 2.24) is 5.32 Å². The number of nitriles is 1. The first-order valence-corrected chi connectivity index (χ1v) is 5.90. The largest absolute Gasteiger partial charge is 0.314 e. The fourth-order valence-electron chi connectivity index (χ4n) is 2.57. The summed E-state index contributed by atoms with van der Waals surface area (Å²) in [7, 11) is 0. The van der Waals surface area contributed by atoms with E-state index in [1.165, 1.54) is 19.3 Å². The summed E-state index contributed by atoms with van der Waals surface area (Å²) in [6, 6.07) is 2.89. The van der Waals surface area contributed by atoms with E-state index in [1.54, 1.807) is 0 Å². The van der Waals surface area contributed by atoms with Gasteiger partial charge in [0.05, 0.1) is 6.07 Å². The number of nitrogens with zero attached hydrogens (tertiary/aromatic N) is 1. The Kier molecular flexibility index (Phi) is 4.97. The fourth-order valence-corrected chi connectivity index (χ4v) is 2.57. The van der Waals surface area contributed by atoms with E-state index < -0.39 is 0 Å². The van der Waals surface area contributed by atoms with Crippen LogP contribution in [0.1, 0.15) is 46.0 Å². The van der Waals surface area contributed by atoms with Crippen LogP contribution in [0.15, 0.2) is 0 Å². The van der Waals surface area contributed by atoms with Crippen molar-refractivity contribution in [2.45, 2.75) is 52.0 Å². The van der Waals surface area contributed by atoms with Gasteiger partial charge in [0.2, 0.25) is 0 Å².